The first-order chi connectivity index (χ1) is 8.70. The number of carbonyl (C=O) groups is 1. The summed E-state index contributed by atoms with van der Waals surface area (Å²) in [4.78, 5) is 12.1. The monoisotopic (exact) mass is 312 g/mol. The lowest BCUT2D eigenvalue weighted by atomic mass is 10.0. The number of hydrogen-bond donors (Lipinski definition) is 1. The van der Waals surface area contributed by atoms with Crippen molar-refractivity contribution in [1.29, 1.82) is 0 Å². The summed E-state index contributed by atoms with van der Waals surface area (Å²) >= 11 is 3.41. The van der Waals surface area contributed by atoms with Gasteiger partial charge in [0.2, 0.25) is 0 Å². The van der Waals surface area contributed by atoms with Crippen molar-refractivity contribution in [1.82, 2.24) is 9.88 Å². The van der Waals surface area contributed by atoms with Crippen LogP contribution in [0.5, 0.6) is 0 Å². The zero-order chi connectivity index (χ0) is 13.0. The van der Waals surface area contributed by atoms with Crippen molar-refractivity contribution in [3.8, 4) is 0 Å². The van der Waals surface area contributed by atoms with E-state index < -0.39 is 0 Å². The molecule has 3 nitrogen and oxygen atoms in total. The third kappa shape index (κ3) is 3.37. The van der Waals surface area contributed by atoms with E-state index in [1.807, 2.05) is 23.8 Å². The van der Waals surface area contributed by atoms with Crippen molar-refractivity contribution in [2.45, 2.75) is 45.6 Å². The minimum Gasteiger partial charge on any atom is -0.351 e. The minimum absolute atomic E-state index is 0.0422. The van der Waals surface area contributed by atoms with E-state index in [0.717, 1.165) is 35.6 Å². The fourth-order valence-electron chi connectivity index (χ4n) is 2.71. The average molecular weight is 313 g/mol. The standard InChI is InChI=1S/C14H21BrN2O/c1-2-17-10-12(15)9-13(17)14(18)16-8-7-11-5-3-4-6-11/h9-11H,2-8H2,1H3,(H,16,18). The Morgan fingerprint density at radius 3 is 2.89 bits per heavy atom. The Morgan fingerprint density at radius 1 is 1.50 bits per heavy atom. The maximum absolute atomic E-state index is 12.1. The lowest BCUT2D eigenvalue weighted by molar-refractivity contribution is 0.0942. The van der Waals surface area contributed by atoms with Crippen molar-refractivity contribution in [2.75, 3.05) is 6.54 Å². The van der Waals surface area contributed by atoms with Gasteiger partial charge in [-0.15, -0.1) is 0 Å². The van der Waals surface area contributed by atoms with Gasteiger partial charge >= 0.3 is 0 Å². The summed E-state index contributed by atoms with van der Waals surface area (Å²) in [6.45, 7) is 3.66. The zero-order valence-corrected chi connectivity index (χ0v) is 12.5. The fourth-order valence-corrected chi connectivity index (χ4v) is 3.17. The van der Waals surface area contributed by atoms with Gasteiger partial charge in [0.25, 0.3) is 5.91 Å². The molecule has 0 aromatic carbocycles. The summed E-state index contributed by atoms with van der Waals surface area (Å²) in [7, 11) is 0. The summed E-state index contributed by atoms with van der Waals surface area (Å²) in [5, 5.41) is 3.03. The van der Waals surface area contributed by atoms with E-state index in [0.29, 0.717) is 0 Å². The Morgan fingerprint density at radius 2 is 2.22 bits per heavy atom. The maximum atomic E-state index is 12.1. The Labute approximate surface area is 117 Å². The van der Waals surface area contributed by atoms with Crippen LogP contribution in [0.2, 0.25) is 0 Å². The second-order valence-electron chi connectivity index (χ2n) is 5.02. The highest BCUT2D eigenvalue weighted by atomic mass is 79.9. The number of halogens is 1. The first kappa shape index (κ1) is 13.7. The van der Waals surface area contributed by atoms with E-state index >= 15 is 0 Å². The minimum atomic E-state index is 0.0422. The van der Waals surface area contributed by atoms with E-state index in [1.165, 1.54) is 25.7 Å². The molecule has 0 spiro atoms. The Balaban J connectivity index is 1.83. The molecule has 1 heterocycles. The van der Waals surface area contributed by atoms with Gasteiger partial charge < -0.3 is 9.88 Å². The topological polar surface area (TPSA) is 34.0 Å². The van der Waals surface area contributed by atoms with Gasteiger partial charge in [-0.25, -0.2) is 0 Å². The van der Waals surface area contributed by atoms with Crippen molar-refractivity contribution in [3.05, 3.63) is 22.4 Å². The summed E-state index contributed by atoms with van der Waals surface area (Å²) < 4.78 is 2.93. The van der Waals surface area contributed by atoms with Crippen LogP contribution in [0.4, 0.5) is 0 Å². The molecule has 2 rings (SSSR count). The number of rotatable bonds is 5. The number of hydrogen-bond acceptors (Lipinski definition) is 1. The lowest BCUT2D eigenvalue weighted by Gasteiger charge is -2.10. The molecule has 1 aromatic heterocycles. The van der Waals surface area contributed by atoms with Crippen LogP contribution < -0.4 is 5.32 Å². The van der Waals surface area contributed by atoms with Gasteiger partial charge in [-0.3, -0.25) is 4.79 Å². The molecular formula is C14H21BrN2O. The highest BCUT2D eigenvalue weighted by molar-refractivity contribution is 9.10. The quantitative estimate of drug-likeness (QED) is 0.886. The average Bonchev–Trinajstić information content (AvgIpc) is 2.98. The molecule has 0 saturated heterocycles. The van der Waals surface area contributed by atoms with Gasteiger partial charge in [-0.05, 0) is 41.3 Å². The smallest absolute Gasteiger partial charge is 0.267 e. The van der Waals surface area contributed by atoms with Crippen LogP contribution in [0.1, 0.15) is 49.5 Å². The summed E-state index contributed by atoms with van der Waals surface area (Å²) in [6, 6.07) is 1.88. The summed E-state index contributed by atoms with van der Waals surface area (Å²) in [6.07, 6.45) is 8.49. The van der Waals surface area contributed by atoms with Crippen molar-refractivity contribution < 1.29 is 4.79 Å². The summed E-state index contributed by atoms with van der Waals surface area (Å²) in [5.41, 5.74) is 0.746. The molecule has 1 aromatic rings. The molecule has 100 valence electrons. The first-order valence-electron chi connectivity index (χ1n) is 6.84. The van der Waals surface area contributed by atoms with E-state index in [2.05, 4.69) is 21.2 Å². The number of nitrogens with zero attached hydrogens (tertiary/aromatic N) is 1. The van der Waals surface area contributed by atoms with Crippen molar-refractivity contribution in [3.63, 3.8) is 0 Å². The molecule has 1 fully saturated rings. The SMILES string of the molecule is CCn1cc(Br)cc1C(=O)NCCC1CCCC1. The van der Waals surface area contributed by atoms with Gasteiger partial charge in [-0.2, -0.15) is 0 Å². The first-order valence-corrected chi connectivity index (χ1v) is 7.64. The van der Waals surface area contributed by atoms with Crippen LogP contribution in [0.3, 0.4) is 0 Å². The molecule has 4 heteroatoms. The van der Waals surface area contributed by atoms with E-state index in [-0.39, 0.29) is 5.91 Å². The number of carbonyl (C=O) groups excluding carboxylic acids is 1. The molecule has 1 aliphatic carbocycles. The van der Waals surface area contributed by atoms with Crippen LogP contribution >= 0.6 is 15.9 Å². The molecule has 0 aliphatic heterocycles. The summed E-state index contributed by atoms with van der Waals surface area (Å²) in [5.74, 6) is 0.871. The van der Waals surface area contributed by atoms with Crippen LogP contribution in [0.25, 0.3) is 0 Å². The molecule has 18 heavy (non-hydrogen) atoms. The lowest BCUT2D eigenvalue weighted by Crippen LogP contribution is -2.27. The maximum Gasteiger partial charge on any atom is 0.267 e. The van der Waals surface area contributed by atoms with Gasteiger partial charge in [-0.1, -0.05) is 25.7 Å². The van der Waals surface area contributed by atoms with Gasteiger partial charge in [0.05, 0.1) is 0 Å². The molecule has 0 radical (unpaired) electrons. The molecule has 1 N–H and O–H groups in total. The molecule has 0 atom stereocenters. The van der Waals surface area contributed by atoms with Crippen LogP contribution in [-0.2, 0) is 6.54 Å². The van der Waals surface area contributed by atoms with Crippen LogP contribution in [0, 0.1) is 5.92 Å². The van der Waals surface area contributed by atoms with Gasteiger partial charge in [0, 0.05) is 23.8 Å². The number of amides is 1. The Hall–Kier alpha value is -0.770. The van der Waals surface area contributed by atoms with Crippen molar-refractivity contribution >= 4 is 21.8 Å². The molecular weight excluding hydrogens is 292 g/mol. The second kappa shape index (κ2) is 6.41. The molecule has 1 amide bonds. The number of aromatic nitrogens is 1. The number of aryl methyl sites for hydroxylation is 1. The number of nitrogens with one attached hydrogen (secondary N) is 1. The van der Waals surface area contributed by atoms with Crippen LogP contribution in [-0.4, -0.2) is 17.0 Å². The highest BCUT2D eigenvalue weighted by Crippen LogP contribution is 2.26. The van der Waals surface area contributed by atoms with Gasteiger partial charge in [0.1, 0.15) is 5.69 Å². The fraction of sp³-hybridized carbons (Fsp3) is 0.643. The largest absolute Gasteiger partial charge is 0.351 e. The molecule has 1 aliphatic rings. The molecule has 0 bridgehead atoms. The normalized spacial score (nSPS) is 16.1. The molecule has 0 unspecified atom stereocenters. The zero-order valence-electron chi connectivity index (χ0n) is 10.9. The van der Waals surface area contributed by atoms with Crippen LogP contribution in [0.15, 0.2) is 16.7 Å². The highest BCUT2D eigenvalue weighted by Gasteiger charge is 2.16. The molecule has 1 saturated carbocycles. The predicted octanol–water partition coefficient (Wildman–Crippen LogP) is 3.58. The third-order valence-corrected chi connectivity index (χ3v) is 4.18. The van der Waals surface area contributed by atoms with E-state index in [1.54, 1.807) is 0 Å². The predicted molar refractivity (Wildman–Crippen MR) is 76.7 cm³/mol. The van der Waals surface area contributed by atoms with E-state index in [9.17, 15) is 4.79 Å². The second-order valence-corrected chi connectivity index (χ2v) is 5.94. The Kier molecular flexibility index (Phi) is 4.87. The van der Waals surface area contributed by atoms with E-state index in [4.69, 9.17) is 0 Å². The Bertz CT molecular complexity index is 408. The third-order valence-electron chi connectivity index (χ3n) is 3.75. The van der Waals surface area contributed by atoms with Gasteiger partial charge in [0.15, 0.2) is 0 Å². The van der Waals surface area contributed by atoms with Crippen molar-refractivity contribution in [2.24, 2.45) is 5.92 Å².